The summed E-state index contributed by atoms with van der Waals surface area (Å²) in [7, 11) is 0. The summed E-state index contributed by atoms with van der Waals surface area (Å²) in [5, 5.41) is 22.6. The Bertz CT molecular complexity index is 659. The number of aliphatic hydroxyl groups is 2. The first-order valence-corrected chi connectivity index (χ1v) is 7.68. The van der Waals surface area contributed by atoms with Crippen molar-refractivity contribution in [3.05, 3.63) is 28.1 Å². The van der Waals surface area contributed by atoms with Gasteiger partial charge in [-0.05, 0) is 18.6 Å². The van der Waals surface area contributed by atoms with Gasteiger partial charge >= 0.3 is 0 Å². The first-order valence-electron chi connectivity index (χ1n) is 6.48. The molecular weight excluding hydrogens is 312 g/mol. The molecule has 0 atom stereocenters. The number of hydrogen-bond donors (Lipinski definition) is 4. The van der Waals surface area contributed by atoms with Crippen LogP contribution in [-0.4, -0.2) is 34.9 Å². The highest BCUT2D eigenvalue weighted by Gasteiger charge is 2.30. The highest BCUT2D eigenvalue weighted by atomic mass is 35.5. The molecule has 0 radical (unpaired) electrons. The smallest absolute Gasteiger partial charge is 0.264 e. The van der Waals surface area contributed by atoms with Crippen LogP contribution in [0.4, 0.5) is 5.69 Å². The number of nitrogens with one attached hydrogen (secondary N) is 1. The topological polar surface area (TPSA) is 95.6 Å². The third-order valence-corrected chi connectivity index (χ3v) is 5.05. The Labute approximate surface area is 131 Å². The van der Waals surface area contributed by atoms with Crippen LogP contribution in [-0.2, 0) is 0 Å². The van der Waals surface area contributed by atoms with E-state index in [9.17, 15) is 15.0 Å². The molecule has 5 nitrogen and oxygen atoms in total. The average molecular weight is 329 g/mol. The van der Waals surface area contributed by atoms with Gasteiger partial charge in [-0.25, -0.2) is 0 Å². The zero-order chi connectivity index (χ0) is 15.6. The number of hydrogen-bond acceptors (Lipinski definition) is 5. The molecule has 1 heterocycles. The third-order valence-electron chi connectivity index (χ3n) is 3.57. The van der Waals surface area contributed by atoms with Crippen LogP contribution in [0.5, 0.6) is 0 Å². The summed E-state index contributed by atoms with van der Waals surface area (Å²) in [6.07, 6.45) is 0.400. The lowest BCUT2D eigenvalue weighted by molar-refractivity contribution is 0.0657. The number of anilines is 1. The molecule has 0 aliphatic rings. The van der Waals surface area contributed by atoms with Gasteiger partial charge in [0.25, 0.3) is 5.91 Å². The number of thiophene rings is 1. The Balaban J connectivity index is 2.41. The SMILES string of the molecule is CCC(CO)(CO)NC(=O)c1sc2cccc(Cl)c2c1N. The van der Waals surface area contributed by atoms with E-state index in [2.05, 4.69) is 5.32 Å². The Morgan fingerprint density at radius 2 is 2.10 bits per heavy atom. The molecule has 0 fully saturated rings. The zero-order valence-corrected chi connectivity index (χ0v) is 13.1. The lowest BCUT2D eigenvalue weighted by Gasteiger charge is -2.29. The number of amides is 1. The molecule has 0 spiro atoms. The molecule has 0 aliphatic heterocycles. The summed E-state index contributed by atoms with van der Waals surface area (Å²) in [4.78, 5) is 12.7. The number of rotatable bonds is 5. The third kappa shape index (κ3) is 2.85. The number of aliphatic hydroxyl groups excluding tert-OH is 2. The van der Waals surface area contributed by atoms with Crippen LogP contribution in [0.1, 0.15) is 23.0 Å². The van der Waals surface area contributed by atoms with Crippen LogP contribution in [0.2, 0.25) is 5.02 Å². The molecule has 0 bridgehead atoms. The second kappa shape index (κ2) is 6.19. The Morgan fingerprint density at radius 1 is 1.43 bits per heavy atom. The standard InChI is InChI=1S/C14H17ClN2O3S/c1-2-14(6-18,7-19)17-13(20)12-11(16)10-8(15)4-3-5-9(10)21-12/h3-5,18-19H,2,6-7,16H2,1H3,(H,17,20). The highest BCUT2D eigenvalue weighted by Crippen LogP contribution is 2.38. The molecule has 114 valence electrons. The lowest BCUT2D eigenvalue weighted by atomic mass is 9.98. The molecule has 1 aromatic heterocycles. The molecule has 0 aliphatic carbocycles. The van der Waals surface area contributed by atoms with Crippen LogP contribution in [0.3, 0.4) is 0 Å². The minimum absolute atomic E-state index is 0.319. The van der Waals surface area contributed by atoms with E-state index in [4.69, 9.17) is 17.3 Å². The number of carbonyl (C=O) groups excluding carboxylic acids is 1. The number of nitrogens with two attached hydrogens (primary N) is 1. The number of halogens is 1. The van der Waals surface area contributed by atoms with Crippen molar-refractivity contribution in [2.45, 2.75) is 18.9 Å². The summed E-state index contributed by atoms with van der Waals surface area (Å²) in [5.74, 6) is -0.422. The van der Waals surface area contributed by atoms with E-state index in [1.54, 1.807) is 19.1 Å². The van der Waals surface area contributed by atoms with E-state index in [-0.39, 0.29) is 13.2 Å². The van der Waals surface area contributed by atoms with Gasteiger partial charge in [0.1, 0.15) is 4.88 Å². The van der Waals surface area contributed by atoms with E-state index >= 15 is 0 Å². The van der Waals surface area contributed by atoms with Crippen LogP contribution in [0.15, 0.2) is 18.2 Å². The van der Waals surface area contributed by atoms with E-state index in [0.717, 1.165) is 4.70 Å². The quantitative estimate of drug-likeness (QED) is 0.675. The number of carbonyl (C=O) groups is 1. The minimum atomic E-state index is -1.05. The van der Waals surface area contributed by atoms with Gasteiger partial charge in [-0.15, -0.1) is 11.3 Å². The van der Waals surface area contributed by atoms with Gasteiger partial charge < -0.3 is 21.3 Å². The Hall–Kier alpha value is -1.34. The molecule has 0 saturated carbocycles. The molecule has 0 saturated heterocycles. The molecule has 21 heavy (non-hydrogen) atoms. The van der Waals surface area contributed by atoms with Crippen molar-refractivity contribution in [3.63, 3.8) is 0 Å². The largest absolute Gasteiger partial charge is 0.397 e. The van der Waals surface area contributed by atoms with Crippen molar-refractivity contribution in [1.29, 1.82) is 0 Å². The van der Waals surface area contributed by atoms with Gasteiger partial charge in [0, 0.05) is 10.1 Å². The van der Waals surface area contributed by atoms with Crippen LogP contribution < -0.4 is 11.1 Å². The van der Waals surface area contributed by atoms with Gasteiger partial charge in [0.05, 0.1) is 29.5 Å². The summed E-state index contributed by atoms with van der Waals surface area (Å²) in [6.45, 7) is 1.08. The van der Waals surface area contributed by atoms with Gasteiger partial charge in [-0.3, -0.25) is 4.79 Å². The van der Waals surface area contributed by atoms with E-state index in [0.29, 0.717) is 27.4 Å². The van der Waals surface area contributed by atoms with E-state index in [1.165, 1.54) is 11.3 Å². The summed E-state index contributed by atoms with van der Waals surface area (Å²) >= 11 is 7.34. The summed E-state index contributed by atoms with van der Waals surface area (Å²) in [5.41, 5.74) is 5.29. The number of nitrogen functional groups attached to an aromatic ring is 1. The maximum atomic E-state index is 12.4. The van der Waals surface area contributed by atoms with E-state index in [1.807, 2.05) is 6.07 Å². The normalized spacial score (nSPS) is 11.8. The summed E-state index contributed by atoms with van der Waals surface area (Å²) < 4.78 is 0.820. The fourth-order valence-electron chi connectivity index (χ4n) is 2.04. The lowest BCUT2D eigenvalue weighted by Crippen LogP contribution is -2.53. The number of fused-ring (bicyclic) bond motifs is 1. The fourth-order valence-corrected chi connectivity index (χ4v) is 3.41. The molecular formula is C14H17ClN2O3S. The first-order chi connectivity index (χ1) is 9.98. The van der Waals surface area contributed by atoms with Crippen molar-refractivity contribution in [3.8, 4) is 0 Å². The second-order valence-corrected chi connectivity index (χ2v) is 6.32. The fraction of sp³-hybridized carbons (Fsp3) is 0.357. The predicted molar refractivity (Wildman–Crippen MR) is 85.9 cm³/mol. The van der Waals surface area contributed by atoms with Crippen molar-refractivity contribution in [2.75, 3.05) is 18.9 Å². The first kappa shape index (κ1) is 16.0. The molecule has 1 aromatic carbocycles. The molecule has 7 heteroatoms. The van der Waals surface area contributed by atoms with Gasteiger partial charge in [-0.2, -0.15) is 0 Å². The maximum absolute atomic E-state index is 12.4. The monoisotopic (exact) mass is 328 g/mol. The zero-order valence-electron chi connectivity index (χ0n) is 11.5. The van der Waals surface area contributed by atoms with Crippen LogP contribution >= 0.6 is 22.9 Å². The van der Waals surface area contributed by atoms with Crippen molar-refractivity contribution < 1.29 is 15.0 Å². The van der Waals surface area contributed by atoms with Gasteiger partial charge in [0.15, 0.2) is 0 Å². The van der Waals surface area contributed by atoms with Crippen LogP contribution in [0.25, 0.3) is 10.1 Å². The van der Waals surface area contributed by atoms with E-state index < -0.39 is 11.4 Å². The summed E-state index contributed by atoms with van der Waals surface area (Å²) in [6, 6.07) is 5.34. The van der Waals surface area contributed by atoms with Gasteiger partial charge in [-0.1, -0.05) is 24.6 Å². The molecule has 5 N–H and O–H groups in total. The highest BCUT2D eigenvalue weighted by molar-refractivity contribution is 7.21. The molecule has 2 aromatic rings. The molecule has 0 unspecified atom stereocenters. The van der Waals surface area contributed by atoms with Crippen LogP contribution in [0, 0.1) is 0 Å². The predicted octanol–water partition coefficient (Wildman–Crippen LogP) is 2.00. The van der Waals surface area contributed by atoms with Gasteiger partial charge in [0.2, 0.25) is 0 Å². The Morgan fingerprint density at radius 3 is 2.62 bits per heavy atom. The number of benzene rings is 1. The maximum Gasteiger partial charge on any atom is 0.264 e. The van der Waals surface area contributed by atoms with Crippen molar-refractivity contribution in [2.24, 2.45) is 0 Å². The van der Waals surface area contributed by atoms with Crippen molar-refractivity contribution >= 4 is 44.6 Å². The molecule has 2 rings (SSSR count). The Kier molecular flexibility index (Phi) is 4.73. The average Bonchev–Trinajstić information content (AvgIpc) is 2.83. The minimum Gasteiger partial charge on any atom is -0.397 e. The second-order valence-electron chi connectivity index (χ2n) is 4.86. The molecule has 1 amide bonds. The van der Waals surface area contributed by atoms with Crippen molar-refractivity contribution in [1.82, 2.24) is 5.32 Å².